The summed E-state index contributed by atoms with van der Waals surface area (Å²) in [4.78, 5) is 0. The molecule has 3 unspecified atom stereocenters. The van der Waals surface area contributed by atoms with Crippen molar-refractivity contribution >= 4 is 0 Å². The van der Waals surface area contributed by atoms with Crippen molar-refractivity contribution in [3.63, 3.8) is 0 Å². The van der Waals surface area contributed by atoms with E-state index in [9.17, 15) is 5.11 Å². The minimum Gasteiger partial charge on any atom is -0.390 e. The van der Waals surface area contributed by atoms with Gasteiger partial charge in [0.25, 0.3) is 0 Å². The van der Waals surface area contributed by atoms with Crippen molar-refractivity contribution in [3.05, 3.63) is 0 Å². The molecule has 1 saturated carbocycles. The maximum absolute atomic E-state index is 9.51. The fourth-order valence-electron chi connectivity index (χ4n) is 1.64. The Bertz CT molecular complexity index is 176. The van der Waals surface area contributed by atoms with Crippen molar-refractivity contribution in [2.75, 3.05) is 40.6 Å². The quantitative estimate of drug-likeness (QED) is 0.578. The molecule has 5 nitrogen and oxygen atoms in total. The molecule has 16 heavy (non-hydrogen) atoms. The Hall–Kier alpha value is -0.200. The van der Waals surface area contributed by atoms with Gasteiger partial charge in [-0.15, -0.1) is 0 Å². The smallest absolute Gasteiger partial charge is 0.110 e. The number of aliphatic hydroxyl groups is 1. The van der Waals surface area contributed by atoms with Crippen LogP contribution in [0.1, 0.15) is 12.8 Å². The largest absolute Gasteiger partial charge is 0.390 e. The van der Waals surface area contributed by atoms with Gasteiger partial charge in [-0.05, 0) is 6.42 Å². The normalized spacial score (nSPS) is 29.1. The van der Waals surface area contributed by atoms with Gasteiger partial charge in [-0.25, -0.2) is 0 Å². The van der Waals surface area contributed by atoms with E-state index in [0.717, 1.165) is 6.42 Å². The van der Waals surface area contributed by atoms with E-state index < -0.39 is 6.10 Å². The van der Waals surface area contributed by atoms with Crippen LogP contribution in [0.2, 0.25) is 0 Å². The van der Waals surface area contributed by atoms with Crippen LogP contribution < -0.4 is 0 Å². The number of methoxy groups -OCH3 is 2. The van der Waals surface area contributed by atoms with Crippen LogP contribution in [0.3, 0.4) is 0 Å². The van der Waals surface area contributed by atoms with Crippen LogP contribution in [-0.4, -0.2) is 64.1 Å². The lowest BCUT2D eigenvalue weighted by Gasteiger charge is -2.40. The highest BCUT2D eigenvalue weighted by Gasteiger charge is 2.41. The highest BCUT2D eigenvalue weighted by Crippen LogP contribution is 2.27. The standard InChI is InChI=1S/C11H22O5/c1-13-4-3-5-15-10-8-9(12)11(10)16-7-6-14-2/h9-12H,3-8H2,1-2H3. The number of aliphatic hydroxyl groups excluding tert-OH is 1. The highest BCUT2D eigenvalue weighted by atomic mass is 16.6. The van der Waals surface area contributed by atoms with Crippen LogP contribution in [0.25, 0.3) is 0 Å². The molecule has 3 atom stereocenters. The molecule has 1 aliphatic rings. The molecule has 1 rings (SSSR count). The van der Waals surface area contributed by atoms with Gasteiger partial charge in [0, 0.05) is 33.9 Å². The van der Waals surface area contributed by atoms with E-state index in [4.69, 9.17) is 18.9 Å². The second kappa shape index (κ2) is 7.97. The third-order valence-corrected chi connectivity index (χ3v) is 2.64. The Labute approximate surface area is 96.6 Å². The minimum atomic E-state index is -0.399. The molecule has 0 saturated heterocycles. The first-order chi connectivity index (χ1) is 7.79. The second-order valence-electron chi connectivity index (χ2n) is 3.89. The van der Waals surface area contributed by atoms with Crippen molar-refractivity contribution in [1.29, 1.82) is 0 Å². The Morgan fingerprint density at radius 1 is 1.00 bits per heavy atom. The number of ether oxygens (including phenoxy) is 4. The monoisotopic (exact) mass is 234 g/mol. The predicted octanol–water partition coefficient (Wildman–Crippen LogP) is 0.204. The number of hydrogen-bond acceptors (Lipinski definition) is 5. The molecule has 0 spiro atoms. The third kappa shape index (κ3) is 4.35. The molecule has 1 aliphatic carbocycles. The van der Waals surface area contributed by atoms with Crippen molar-refractivity contribution < 1.29 is 24.1 Å². The second-order valence-corrected chi connectivity index (χ2v) is 3.89. The molecule has 0 heterocycles. The summed E-state index contributed by atoms with van der Waals surface area (Å²) in [5.74, 6) is 0. The van der Waals surface area contributed by atoms with Crippen molar-refractivity contribution in [3.8, 4) is 0 Å². The molecule has 5 heteroatoms. The van der Waals surface area contributed by atoms with E-state index in [1.807, 2.05) is 0 Å². The molecular formula is C11H22O5. The van der Waals surface area contributed by atoms with Crippen LogP contribution >= 0.6 is 0 Å². The van der Waals surface area contributed by atoms with E-state index >= 15 is 0 Å². The zero-order chi connectivity index (χ0) is 11.8. The van der Waals surface area contributed by atoms with Crippen LogP contribution in [-0.2, 0) is 18.9 Å². The minimum absolute atomic E-state index is 0.0173. The first-order valence-corrected chi connectivity index (χ1v) is 5.68. The highest BCUT2D eigenvalue weighted by molar-refractivity contribution is 4.91. The zero-order valence-electron chi connectivity index (χ0n) is 10.1. The first kappa shape index (κ1) is 13.9. The van der Waals surface area contributed by atoms with E-state index in [2.05, 4.69) is 0 Å². The summed E-state index contributed by atoms with van der Waals surface area (Å²) in [6.07, 6.45) is 0.948. The van der Waals surface area contributed by atoms with Gasteiger partial charge in [-0.3, -0.25) is 0 Å². The summed E-state index contributed by atoms with van der Waals surface area (Å²) in [5.41, 5.74) is 0. The molecule has 0 aliphatic heterocycles. The molecule has 96 valence electrons. The summed E-state index contributed by atoms with van der Waals surface area (Å²) >= 11 is 0. The van der Waals surface area contributed by atoms with E-state index in [-0.39, 0.29) is 12.2 Å². The third-order valence-electron chi connectivity index (χ3n) is 2.64. The van der Waals surface area contributed by atoms with Gasteiger partial charge in [0.15, 0.2) is 0 Å². The summed E-state index contributed by atoms with van der Waals surface area (Å²) in [5, 5.41) is 9.51. The van der Waals surface area contributed by atoms with Crippen LogP contribution in [0.15, 0.2) is 0 Å². The summed E-state index contributed by atoms with van der Waals surface area (Å²) in [6.45, 7) is 2.38. The number of rotatable bonds is 9. The van der Waals surface area contributed by atoms with E-state index in [1.54, 1.807) is 14.2 Å². The van der Waals surface area contributed by atoms with Crippen molar-refractivity contribution in [2.24, 2.45) is 0 Å². The van der Waals surface area contributed by atoms with Crippen molar-refractivity contribution in [2.45, 2.75) is 31.2 Å². The fourth-order valence-corrected chi connectivity index (χ4v) is 1.64. The SMILES string of the molecule is COCCCOC1CC(O)C1OCCOC. The molecular weight excluding hydrogens is 212 g/mol. The average molecular weight is 234 g/mol. The van der Waals surface area contributed by atoms with Crippen LogP contribution in [0.4, 0.5) is 0 Å². The summed E-state index contributed by atoms with van der Waals surface area (Å²) in [6, 6.07) is 0. The fraction of sp³-hybridized carbons (Fsp3) is 1.00. The molecule has 0 aromatic carbocycles. The van der Waals surface area contributed by atoms with Gasteiger partial charge in [0.2, 0.25) is 0 Å². The van der Waals surface area contributed by atoms with Gasteiger partial charge in [0.1, 0.15) is 6.10 Å². The Balaban J connectivity index is 2.07. The lowest BCUT2D eigenvalue weighted by Crippen LogP contribution is -2.54. The molecule has 1 N–H and O–H groups in total. The summed E-state index contributed by atoms with van der Waals surface area (Å²) in [7, 11) is 3.29. The summed E-state index contributed by atoms with van der Waals surface area (Å²) < 4.78 is 20.9. The van der Waals surface area contributed by atoms with Gasteiger partial charge >= 0.3 is 0 Å². The molecule has 0 aromatic heterocycles. The number of hydrogen-bond donors (Lipinski definition) is 1. The van der Waals surface area contributed by atoms with E-state index in [0.29, 0.717) is 32.8 Å². The average Bonchev–Trinajstić information content (AvgIpc) is 2.28. The maximum atomic E-state index is 9.51. The van der Waals surface area contributed by atoms with Gasteiger partial charge < -0.3 is 24.1 Å². The molecule has 0 amide bonds. The molecule has 0 radical (unpaired) electrons. The van der Waals surface area contributed by atoms with Crippen LogP contribution in [0, 0.1) is 0 Å². The Morgan fingerprint density at radius 2 is 1.75 bits per heavy atom. The topological polar surface area (TPSA) is 57.2 Å². The first-order valence-electron chi connectivity index (χ1n) is 5.68. The van der Waals surface area contributed by atoms with Crippen LogP contribution in [0.5, 0.6) is 0 Å². The zero-order valence-corrected chi connectivity index (χ0v) is 10.1. The predicted molar refractivity (Wildman–Crippen MR) is 58.5 cm³/mol. The lowest BCUT2D eigenvalue weighted by atomic mass is 9.88. The lowest BCUT2D eigenvalue weighted by molar-refractivity contribution is -0.196. The molecule has 1 fully saturated rings. The Morgan fingerprint density at radius 3 is 2.38 bits per heavy atom. The van der Waals surface area contributed by atoms with E-state index in [1.165, 1.54) is 0 Å². The molecule has 0 bridgehead atoms. The Kier molecular flexibility index (Phi) is 6.91. The van der Waals surface area contributed by atoms with Crippen molar-refractivity contribution in [1.82, 2.24) is 0 Å². The van der Waals surface area contributed by atoms with Gasteiger partial charge in [-0.1, -0.05) is 0 Å². The van der Waals surface area contributed by atoms with Gasteiger partial charge in [-0.2, -0.15) is 0 Å². The van der Waals surface area contributed by atoms with Gasteiger partial charge in [0.05, 0.1) is 25.4 Å². The maximum Gasteiger partial charge on any atom is 0.110 e. The molecule has 0 aromatic rings.